The molecule has 2 rings (SSSR count). The molecule has 0 saturated heterocycles. The van der Waals surface area contributed by atoms with Crippen molar-refractivity contribution >= 4 is 10.8 Å². The monoisotopic (exact) mass is 436 g/mol. The van der Waals surface area contributed by atoms with Gasteiger partial charge in [0.2, 0.25) is 0 Å². The molecule has 0 nitrogen and oxygen atoms in total. The van der Waals surface area contributed by atoms with Crippen LogP contribution in [-0.4, -0.2) is 0 Å². The number of aryl methyl sites for hydroxylation is 1. The summed E-state index contributed by atoms with van der Waals surface area (Å²) in [7, 11) is 0. The molecular weight excluding hydrogens is 384 g/mol. The van der Waals surface area contributed by atoms with E-state index in [1.807, 2.05) is 0 Å². The summed E-state index contributed by atoms with van der Waals surface area (Å²) in [4.78, 5) is 0. The van der Waals surface area contributed by atoms with Crippen LogP contribution in [0.1, 0.15) is 141 Å². The van der Waals surface area contributed by atoms with Gasteiger partial charge < -0.3 is 0 Å². The van der Waals surface area contributed by atoms with Gasteiger partial charge in [0.25, 0.3) is 0 Å². The van der Waals surface area contributed by atoms with Gasteiger partial charge in [0.15, 0.2) is 0 Å². The van der Waals surface area contributed by atoms with E-state index in [0.29, 0.717) is 0 Å². The molecule has 0 N–H and O–H groups in total. The van der Waals surface area contributed by atoms with E-state index >= 15 is 0 Å². The van der Waals surface area contributed by atoms with Crippen molar-refractivity contribution in [2.45, 2.75) is 142 Å². The Kier molecular flexibility index (Phi) is 16.2. The third-order valence-electron chi connectivity index (χ3n) is 7.18. The van der Waals surface area contributed by atoms with Crippen molar-refractivity contribution in [2.24, 2.45) is 0 Å². The highest BCUT2D eigenvalue weighted by Crippen LogP contribution is 2.21. The predicted octanol–water partition coefficient (Wildman–Crippen LogP) is 11.2. The Morgan fingerprint density at radius 3 is 1.31 bits per heavy atom. The maximum absolute atomic E-state index is 2.32. The Hall–Kier alpha value is -1.30. The Morgan fingerprint density at radius 1 is 0.406 bits per heavy atom. The standard InChI is InChI=1S/C32H52/c1-2-3-4-5-6-7-8-9-10-11-12-13-14-15-16-17-18-19-20-21-25-30-27-24-28-31-26-22-23-29-32(30)31/h22-24,26-29H,2-21,25H2,1H3. The summed E-state index contributed by atoms with van der Waals surface area (Å²) in [6, 6.07) is 15.6. The molecule has 0 saturated carbocycles. The lowest BCUT2D eigenvalue weighted by atomic mass is 9.99. The van der Waals surface area contributed by atoms with E-state index in [-0.39, 0.29) is 0 Å². The lowest BCUT2D eigenvalue weighted by molar-refractivity contribution is 0.522. The van der Waals surface area contributed by atoms with Crippen LogP contribution in [0, 0.1) is 0 Å². The zero-order valence-electron chi connectivity index (χ0n) is 21.4. The van der Waals surface area contributed by atoms with E-state index in [9.17, 15) is 0 Å². The summed E-state index contributed by atoms with van der Waals surface area (Å²) in [6.45, 7) is 2.30. The van der Waals surface area contributed by atoms with Gasteiger partial charge in [-0.3, -0.25) is 0 Å². The van der Waals surface area contributed by atoms with Crippen LogP contribution in [0.3, 0.4) is 0 Å². The second-order valence-corrected chi connectivity index (χ2v) is 10.1. The highest BCUT2D eigenvalue weighted by molar-refractivity contribution is 5.85. The zero-order valence-corrected chi connectivity index (χ0v) is 21.4. The minimum atomic E-state index is 1.24. The molecule has 0 bridgehead atoms. The summed E-state index contributed by atoms with van der Waals surface area (Å²) >= 11 is 0. The second kappa shape index (κ2) is 19.2. The largest absolute Gasteiger partial charge is 0.0654 e. The average Bonchev–Trinajstić information content (AvgIpc) is 2.83. The highest BCUT2D eigenvalue weighted by Gasteiger charge is 2.00. The fourth-order valence-corrected chi connectivity index (χ4v) is 5.08. The van der Waals surface area contributed by atoms with Crippen LogP contribution in [0.5, 0.6) is 0 Å². The topological polar surface area (TPSA) is 0 Å². The van der Waals surface area contributed by atoms with Crippen molar-refractivity contribution in [1.82, 2.24) is 0 Å². The summed E-state index contributed by atoms with van der Waals surface area (Å²) in [5, 5.41) is 2.84. The van der Waals surface area contributed by atoms with E-state index in [2.05, 4.69) is 49.4 Å². The molecule has 2 aromatic rings. The SMILES string of the molecule is CCCCCCCCCCCCCCCCCCCCCCc1cccc2ccccc12. The minimum absolute atomic E-state index is 1.24. The summed E-state index contributed by atoms with van der Waals surface area (Å²) in [5.74, 6) is 0. The third-order valence-corrected chi connectivity index (χ3v) is 7.18. The first-order valence-corrected chi connectivity index (χ1v) is 14.4. The number of hydrogen-bond donors (Lipinski definition) is 0. The molecule has 0 spiro atoms. The zero-order chi connectivity index (χ0) is 22.5. The van der Waals surface area contributed by atoms with Gasteiger partial charge in [-0.15, -0.1) is 0 Å². The van der Waals surface area contributed by atoms with E-state index in [1.165, 1.54) is 151 Å². The molecule has 0 heterocycles. The molecular formula is C32H52. The molecule has 0 aliphatic heterocycles. The molecule has 0 heteroatoms. The van der Waals surface area contributed by atoms with Gasteiger partial charge in [-0.25, -0.2) is 0 Å². The van der Waals surface area contributed by atoms with Crippen LogP contribution in [0.2, 0.25) is 0 Å². The number of rotatable bonds is 21. The summed E-state index contributed by atoms with van der Waals surface area (Å²) in [6.07, 6.45) is 30.2. The van der Waals surface area contributed by atoms with Crippen molar-refractivity contribution in [1.29, 1.82) is 0 Å². The fourth-order valence-electron chi connectivity index (χ4n) is 5.08. The molecule has 32 heavy (non-hydrogen) atoms. The van der Waals surface area contributed by atoms with Gasteiger partial charge in [-0.05, 0) is 29.2 Å². The smallest absolute Gasteiger partial charge is 0.0152 e. The summed E-state index contributed by atoms with van der Waals surface area (Å²) in [5.41, 5.74) is 1.53. The first kappa shape index (κ1) is 26.9. The fraction of sp³-hybridized carbons (Fsp3) is 0.688. The van der Waals surface area contributed by atoms with E-state index in [1.54, 1.807) is 0 Å². The molecule has 0 aromatic heterocycles. The van der Waals surface area contributed by atoms with E-state index in [0.717, 1.165) is 0 Å². The Bertz CT molecular complexity index is 665. The molecule has 0 aliphatic carbocycles. The van der Waals surface area contributed by atoms with Crippen LogP contribution in [0.15, 0.2) is 42.5 Å². The first-order valence-electron chi connectivity index (χ1n) is 14.4. The van der Waals surface area contributed by atoms with E-state index < -0.39 is 0 Å². The first-order chi connectivity index (χ1) is 15.9. The van der Waals surface area contributed by atoms with Gasteiger partial charge in [0.1, 0.15) is 0 Å². The number of unbranched alkanes of at least 4 members (excludes halogenated alkanes) is 19. The molecule has 0 aliphatic rings. The second-order valence-electron chi connectivity index (χ2n) is 10.1. The normalized spacial score (nSPS) is 11.4. The van der Waals surface area contributed by atoms with Gasteiger partial charge in [0.05, 0.1) is 0 Å². The van der Waals surface area contributed by atoms with Crippen molar-refractivity contribution in [3.63, 3.8) is 0 Å². The van der Waals surface area contributed by atoms with Gasteiger partial charge in [-0.2, -0.15) is 0 Å². The third kappa shape index (κ3) is 12.7. The van der Waals surface area contributed by atoms with Crippen molar-refractivity contribution < 1.29 is 0 Å². The van der Waals surface area contributed by atoms with Crippen LogP contribution >= 0.6 is 0 Å². The van der Waals surface area contributed by atoms with Crippen LogP contribution < -0.4 is 0 Å². The van der Waals surface area contributed by atoms with Crippen LogP contribution in [-0.2, 0) is 6.42 Å². The van der Waals surface area contributed by atoms with Gasteiger partial charge >= 0.3 is 0 Å². The Labute approximate surface area is 200 Å². The number of hydrogen-bond acceptors (Lipinski definition) is 0. The van der Waals surface area contributed by atoms with Crippen molar-refractivity contribution in [3.05, 3.63) is 48.0 Å². The number of benzene rings is 2. The average molecular weight is 437 g/mol. The van der Waals surface area contributed by atoms with Crippen molar-refractivity contribution in [2.75, 3.05) is 0 Å². The molecule has 0 radical (unpaired) electrons. The predicted molar refractivity (Wildman–Crippen MR) is 146 cm³/mol. The quantitative estimate of drug-likeness (QED) is 0.171. The molecule has 0 amide bonds. The highest BCUT2D eigenvalue weighted by atomic mass is 14.1. The van der Waals surface area contributed by atoms with Crippen molar-refractivity contribution in [3.8, 4) is 0 Å². The summed E-state index contributed by atoms with van der Waals surface area (Å²) < 4.78 is 0. The Morgan fingerprint density at radius 2 is 0.812 bits per heavy atom. The molecule has 180 valence electrons. The van der Waals surface area contributed by atoms with Crippen LogP contribution in [0.4, 0.5) is 0 Å². The Balaban J connectivity index is 1.30. The van der Waals surface area contributed by atoms with Gasteiger partial charge in [0, 0.05) is 0 Å². The van der Waals surface area contributed by atoms with Gasteiger partial charge in [-0.1, -0.05) is 171 Å². The molecule has 0 unspecified atom stereocenters. The lowest BCUT2D eigenvalue weighted by Crippen LogP contribution is -1.88. The molecule has 0 fully saturated rings. The maximum Gasteiger partial charge on any atom is -0.0152 e. The minimum Gasteiger partial charge on any atom is -0.0654 e. The van der Waals surface area contributed by atoms with E-state index in [4.69, 9.17) is 0 Å². The van der Waals surface area contributed by atoms with Crippen LogP contribution in [0.25, 0.3) is 10.8 Å². The molecule has 0 atom stereocenters. The number of fused-ring (bicyclic) bond motifs is 1. The molecule has 2 aromatic carbocycles. The maximum atomic E-state index is 2.32. The lowest BCUT2D eigenvalue weighted by Gasteiger charge is -2.07.